The number of aryl methyl sites for hydroxylation is 2. The lowest BCUT2D eigenvalue weighted by atomic mass is 10.2. The van der Waals surface area contributed by atoms with Crippen LogP contribution in [0, 0.1) is 13.8 Å². The normalized spacial score (nSPS) is 10.7. The quantitative estimate of drug-likeness (QED) is 0.689. The van der Waals surface area contributed by atoms with Crippen molar-refractivity contribution in [3.05, 3.63) is 56.9 Å². The Morgan fingerprint density at radius 3 is 2.77 bits per heavy atom. The number of halogens is 1. The Balaban J connectivity index is 1.84. The molecule has 6 heteroatoms. The fourth-order valence-corrected chi connectivity index (χ4v) is 4.03. The highest BCUT2D eigenvalue weighted by Crippen LogP contribution is 2.35. The molecule has 0 aliphatic carbocycles. The van der Waals surface area contributed by atoms with Gasteiger partial charge in [-0.2, -0.15) is 0 Å². The third-order valence-corrected chi connectivity index (χ3v) is 5.50. The summed E-state index contributed by atoms with van der Waals surface area (Å²) < 4.78 is 0. The van der Waals surface area contributed by atoms with E-state index in [1.807, 2.05) is 25.3 Å². The SMILES string of the molecule is Cc1csc(-c2cc(NC(=O)c3cccc(Cl)c3)c(C)s2)n1. The van der Waals surface area contributed by atoms with Crippen LogP contribution in [0.3, 0.4) is 0 Å². The molecule has 0 fully saturated rings. The van der Waals surface area contributed by atoms with Crippen molar-refractivity contribution in [2.45, 2.75) is 13.8 Å². The average Bonchev–Trinajstić information content (AvgIpc) is 3.06. The number of aromatic nitrogens is 1. The topological polar surface area (TPSA) is 42.0 Å². The van der Waals surface area contributed by atoms with Gasteiger partial charge in [-0.1, -0.05) is 17.7 Å². The van der Waals surface area contributed by atoms with Gasteiger partial charge in [0.2, 0.25) is 0 Å². The predicted octanol–water partition coefficient (Wildman–Crippen LogP) is 5.39. The Bertz CT molecular complexity index is 838. The van der Waals surface area contributed by atoms with Crippen LogP contribution in [0.4, 0.5) is 5.69 Å². The number of nitrogens with one attached hydrogen (secondary N) is 1. The molecule has 112 valence electrons. The van der Waals surface area contributed by atoms with Crippen LogP contribution in [0.2, 0.25) is 5.02 Å². The molecule has 1 aromatic carbocycles. The van der Waals surface area contributed by atoms with Crippen LogP contribution in [-0.4, -0.2) is 10.9 Å². The molecule has 3 rings (SSSR count). The second-order valence-corrected chi connectivity index (χ2v) is 7.39. The minimum atomic E-state index is -0.162. The van der Waals surface area contributed by atoms with Crippen molar-refractivity contribution in [2.75, 3.05) is 5.32 Å². The third-order valence-electron chi connectivity index (χ3n) is 3.08. The number of carbonyl (C=O) groups is 1. The van der Waals surface area contributed by atoms with E-state index in [0.717, 1.165) is 26.1 Å². The van der Waals surface area contributed by atoms with Gasteiger partial charge in [-0.05, 0) is 38.1 Å². The number of hydrogen-bond acceptors (Lipinski definition) is 4. The number of thiazole rings is 1. The number of amides is 1. The van der Waals surface area contributed by atoms with Crippen molar-refractivity contribution in [1.82, 2.24) is 4.98 Å². The lowest BCUT2D eigenvalue weighted by Crippen LogP contribution is -2.11. The van der Waals surface area contributed by atoms with E-state index in [1.165, 1.54) is 0 Å². The maximum atomic E-state index is 12.3. The highest BCUT2D eigenvalue weighted by Gasteiger charge is 2.13. The lowest BCUT2D eigenvalue weighted by Gasteiger charge is -2.04. The molecule has 2 aromatic heterocycles. The monoisotopic (exact) mass is 348 g/mol. The first-order valence-electron chi connectivity index (χ1n) is 6.63. The van der Waals surface area contributed by atoms with E-state index in [0.29, 0.717) is 10.6 Å². The number of benzene rings is 1. The molecule has 1 N–H and O–H groups in total. The van der Waals surface area contributed by atoms with E-state index in [1.54, 1.807) is 46.9 Å². The van der Waals surface area contributed by atoms with Crippen LogP contribution in [0.1, 0.15) is 20.9 Å². The predicted molar refractivity (Wildman–Crippen MR) is 94.3 cm³/mol. The summed E-state index contributed by atoms with van der Waals surface area (Å²) >= 11 is 9.16. The molecule has 0 spiro atoms. The second kappa shape index (κ2) is 6.20. The summed E-state index contributed by atoms with van der Waals surface area (Å²) in [6, 6.07) is 8.89. The van der Waals surface area contributed by atoms with E-state index in [2.05, 4.69) is 10.3 Å². The zero-order chi connectivity index (χ0) is 15.7. The molecule has 0 atom stereocenters. The molecule has 3 aromatic rings. The van der Waals surface area contributed by atoms with Gasteiger partial charge in [0.1, 0.15) is 5.01 Å². The van der Waals surface area contributed by atoms with Crippen LogP contribution >= 0.6 is 34.3 Å². The molecule has 0 radical (unpaired) electrons. The average molecular weight is 349 g/mol. The van der Waals surface area contributed by atoms with E-state index in [9.17, 15) is 4.79 Å². The number of rotatable bonds is 3. The Morgan fingerprint density at radius 1 is 1.27 bits per heavy atom. The number of hydrogen-bond donors (Lipinski definition) is 1. The molecule has 0 saturated heterocycles. The molecule has 22 heavy (non-hydrogen) atoms. The van der Waals surface area contributed by atoms with Crippen molar-refractivity contribution in [2.24, 2.45) is 0 Å². The maximum Gasteiger partial charge on any atom is 0.255 e. The fraction of sp³-hybridized carbons (Fsp3) is 0.125. The second-order valence-electron chi connectivity index (χ2n) is 4.84. The molecule has 0 saturated carbocycles. The van der Waals surface area contributed by atoms with Gasteiger partial charge >= 0.3 is 0 Å². The van der Waals surface area contributed by atoms with Crippen LogP contribution < -0.4 is 5.32 Å². The molecule has 0 unspecified atom stereocenters. The number of thiophene rings is 1. The minimum absolute atomic E-state index is 0.162. The Kier molecular flexibility index (Phi) is 4.29. The van der Waals surface area contributed by atoms with Gasteiger partial charge in [-0.25, -0.2) is 4.98 Å². The number of anilines is 1. The molecule has 0 aliphatic rings. The van der Waals surface area contributed by atoms with Crippen molar-refractivity contribution in [3.8, 4) is 9.88 Å². The summed E-state index contributed by atoms with van der Waals surface area (Å²) in [5.74, 6) is -0.162. The maximum absolute atomic E-state index is 12.3. The third kappa shape index (κ3) is 3.21. The van der Waals surface area contributed by atoms with Crippen molar-refractivity contribution in [3.63, 3.8) is 0 Å². The zero-order valence-electron chi connectivity index (χ0n) is 12.0. The molecule has 1 amide bonds. The smallest absolute Gasteiger partial charge is 0.255 e. The van der Waals surface area contributed by atoms with Crippen molar-refractivity contribution in [1.29, 1.82) is 0 Å². The summed E-state index contributed by atoms with van der Waals surface area (Å²) in [6.45, 7) is 3.96. The summed E-state index contributed by atoms with van der Waals surface area (Å²) in [5, 5.41) is 6.49. The first-order valence-corrected chi connectivity index (χ1v) is 8.70. The van der Waals surface area contributed by atoms with E-state index in [4.69, 9.17) is 11.6 Å². The molecule has 0 aliphatic heterocycles. The molecular weight excluding hydrogens is 336 g/mol. The molecular formula is C16H13ClN2OS2. The van der Waals surface area contributed by atoms with Crippen molar-refractivity contribution < 1.29 is 4.79 Å². The summed E-state index contributed by atoms with van der Waals surface area (Å²) in [7, 11) is 0. The summed E-state index contributed by atoms with van der Waals surface area (Å²) in [4.78, 5) is 18.9. The Hall–Kier alpha value is -1.69. The van der Waals surface area contributed by atoms with Gasteiger partial charge in [-0.15, -0.1) is 22.7 Å². The minimum Gasteiger partial charge on any atom is -0.321 e. The highest BCUT2D eigenvalue weighted by atomic mass is 35.5. The van der Waals surface area contributed by atoms with Crippen LogP contribution in [0.5, 0.6) is 0 Å². The lowest BCUT2D eigenvalue weighted by molar-refractivity contribution is 0.102. The zero-order valence-corrected chi connectivity index (χ0v) is 14.4. The van der Waals surface area contributed by atoms with E-state index in [-0.39, 0.29) is 5.91 Å². The molecule has 2 heterocycles. The summed E-state index contributed by atoms with van der Waals surface area (Å²) in [5.41, 5.74) is 2.37. The summed E-state index contributed by atoms with van der Waals surface area (Å²) in [6.07, 6.45) is 0. The van der Waals surface area contributed by atoms with Crippen LogP contribution in [0.25, 0.3) is 9.88 Å². The molecule has 3 nitrogen and oxygen atoms in total. The van der Waals surface area contributed by atoms with Gasteiger partial charge in [0.05, 0.1) is 10.6 Å². The van der Waals surface area contributed by atoms with Gasteiger partial charge in [0.25, 0.3) is 5.91 Å². The Labute approximate surface area is 141 Å². The van der Waals surface area contributed by atoms with Gasteiger partial charge in [-0.3, -0.25) is 4.79 Å². The first-order chi connectivity index (χ1) is 10.5. The van der Waals surface area contributed by atoms with Gasteiger partial charge in [0, 0.05) is 26.5 Å². The molecule has 0 bridgehead atoms. The fourth-order valence-electron chi connectivity index (χ4n) is 2.00. The van der Waals surface area contributed by atoms with Crippen LogP contribution in [0.15, 0.2) is 35.7 Å². The largest absolute Gasteiger partial charge is 0.321 e. The number of carbonyl (C=O) groups excluding carboxylic acids is 1. The highest BCUT2D eigenvalue weighted by molar-refractivity contribution is 7.21. The standard InChI is InChI=1S/C16H13ClN2OS2/c1-9-8-21-16(18-9)14-7-13(10(2)22-14)19-15(20)11-4-3-5-12(17)6-11/h3-8H,1-2H3,(H,19,20). The van der Waals surface area contributed by atoms with Crippen molar-refractivity contribution >= 4 is 45.9 Å². The van der Waals surface area contributed by atoms with Gasteiger partial charge < -0.3 is 5.32 Å². The van der Waals surface area contributed by atoms with E-state index >= 15 is 0 Å². The first kappa shape index (κ1) is 15.2. The number of nitrogens with zero attached hydrogens (tertiary/aromatic N) is 1. The van der Waals surface area contributed by atoms with Crippen LogP contribution in [-0.2, 0) is 0 Å². The van der Waals surface area contributed by atoms with Gasteiger partial charge in [0.15, 0.2) is 0 Å². The Morgan fingerprint density at radius 2 is 2.09 bits per heavy atom. The van der Waals surface area contributed by atoms with E-state index < -0.39 is 0 Å².